The van der Waals surface area contributed by atoms with Crippen LogP contribution in [0.15, 0.2) is 55.1 Å². The van der Waals surface area contributed by atoms with Crippen LogP contribution in [0, 0.1) is 11.3 Å². The molecule has 0 aliphatic carbocycles. The molecule has 3 aromatic heterocycles. The molecule has 2 N–H and O–H groups in total. The molecular weight excluding hydrogens is 356 g/mol. The van der Waals surface area contributed by atoms with E-state index in [1.807, 2.05) is 48.3 Å². The van der Waals surface area contributed by atoms with Gasteiger partial charge < -0.3 is 15.2 Å². The summed E-state index contributed by atoms with van der Waals surface area (Å²) in [6.07, 6.45) is 6.88. The number of anilines is 3. The highest BCUT2D eigenvalue weighted by Gasteiger charge is 2.11. The average molecular weight is 372 g/mol. The maximum absolute atomic E-state index is 11.8. The van der Waals surface area contributed by atoms with Crippen molar-refractivity contribution in [2.24, 2.45) is 7.05 Å². The Kier molecular flexibility index (Phi) is 4.43. The molecule has 0 bridgehead atoms. The van der Waals surface area contributed by atoms with Crippen molar-refractivity contribution in [2.45, 2.75) is 6.42 Å². The van der Waals surface area contributed by atoms with Crippen molar-refractivity contribution in [1.82, 2.24) is 24.3 Å². The van der Waals surface area contributed by atoms with Crippen molar-refractivity contribution in [3.8, 4) is 11.9 Å². The Morgan fingerprint density at radius 3 is 2.96 bits per heavy atom. The predicted octanol–water partition coefficient (Wildman–Crippen LogP) is 2.75. The maximum Gasteiger partial charge on any atom is 0.238 e. The van der Waals surface area contributed by atoms with Gasteiger partial charge in [-0.3, -0.25) is 9.48 Å². The van der Waals surface area contributed by atoms with E-state index < -0.39 is 0 Å². The van der Waals surface area contributed by atoms with Gasteiger partial charge in [0.1, 0.15) is 12.2 Å². The minimum absolute atomic E-state index is 0.188. The number of hydrogen-bond donors (Lipinski definition) is 2. The Hall–Kier alpha value is -4.19. The first-order chi connectivity index (χ1) is 13.6. The minimum Gasteiger partial charge on any atom is -0.325 e. The van der Waals surface area contributed by atoms with Crippen LogP contribution in [0.4, 0.5) is 17.3 Å². The second kappa shape index (κ2) is 7.20. The molecule has 0 atom stereocenters. The number of benzene rings is 1. The van der Waals surface area contributed by atoms with Crippen molar-refractivity contribution in [3.63, 3.8) is 0 Å². The predicted molar refractivity (Wildman–Crippen MR) is 104 cm³/mol. The van der Waals surface area contributed by atoms with E-state index in [1.165, 1.54) is 0 Å². The number of aryl methyl sites for hydroxylation is 1. The van der Waals surface area contributed by atoms with Crippen LogP contribution in [-0.2, 0) is 11.8 Å². The zero-order chi connectivity index (χ0) is 19.5. The Bertz CT molecular complexity index is 1200. The molecule has 0 unspecified atom stereocenters. The Balaban J connectivity index is 1.67. The third kappa shape index (κ3) is 3.39. The SMILES string of the molecule is Cn1cc(Nc2nccc(-n3ccc4c(NC(=O)CC#N)cccc43)n2)cn1. The largest absolute Gasteiger partial charge is 0.325 e. The molecule has 0 radical (unpaired) electrons. The summed E-state index contributed by atoms with van der Waals surface area (Å²) in [5, 5.41) is 19.5. The lowest BCUT2D eigenvalue weighted by atomic mass is 10.2. The van der Waals surface area contributed by atoms with Crippen molar-refractivity contribution in [3.05, 3.63) is 55.1 Å². The Labute approximate surface area is 160 Å². The number of carbonyl (C=O) groups is 1. The molecule has 4 aromatic rings. The summed E-state index contributed by atoms with van der Waals surface area (Å²) in [5.74, 6) is 0.787. The second-order valence-electron chi connectivity index (χ2n) is 6.07. The molecule has 0 aliphatic rings. The topological polar surface area (TPSA) is 113 Å². The van der Waals surface area contributed by atoms with Crippen LogP contribution < -0.4 is 10.6 Å². The van der Waals surface area contributed by atoms with Crippen LogP contribution in [0.1, 0.15) is 6.42 Å². The van der Waals surface area contributed by atoms with Crippen LogP contribution in [0.3, 0.4) is 0 Å². The van der Waals surface area contributed by atoms with E-state index in [9.17, 15) is 4.79 Å². The third-order valence-corrected chi connectivity index (χ3v) is 4.10. The van der Waals surface area contributed by atoms with Gasteiger partial charge in [0.15, 0.2) is 0 Å². The summed E-state index contributed by atoms with van der Waals surface area (Å²) in [6, 6.07) is 11.1. The molecule has 0 aliphatic heterocycles. The van der Waals surface area contributed by atoms with Gasteiger partial charge in [-0.1, -0.05) is 6.07 Å². The van der Waals surface area contributed by atoms with E-state index in [4.69, 9.17) is 5.26 Å². The van der Waals surface area contributed by atoms with Gasteiger partial charge in [-0.25, -0.2) is 4.98 Å². The number of amides is 1. The summed E-state index contributed by atoms with van der Waals surface area (Å²) in [6.45, 7) is 0. The van der Waals surface area contributed by atoms with E-state index in [2.05, 4.69) is 25.7 Å². The lowest BCUT2D eigenvalue weighted by Gasteiger charge is -2.09. The number of aromatic nitrogens is 5. The van der Waals surface area contributed by atoms with Crippen molar-refractivity contribution in [2.75, 3.05) is 10.6 Å². The third-order valence-electron chi connectivity index (χ3n) is 4.10. The molecule has 0 saturated carbocycles. The molecule has 9 heteroatoms. The average Bonchev–Trinajstić information content (AvgIpc) is 3.29. The van der Waals surface area contributed by atoms with Crippen LogP contribution in [0.2, 0.25) is 0 Å². The van der Waals surface area contributed by atoms with Gasteiger partial charge >= 0.3 is 0 Å². The highest BCUT2D eigenvalue weighted by Crippen LogP contribution is 2.27. The quantitative estimate of drug-likeness (QED) is 0.557. The van der Waals surface area contributed by atoms with Crippen LogP contribution in [0.25, 0.3) is 16.7 Å². The molecular formula is C19H16N8O. The maximum atomic E-state index is 11.8. The van der Waals surface area contributed by atoms with Gasteiger partial charge in [0, 0.05) is 31.0 Å². The van der Waals surface area contributed by atoms with Gasteiger partial charge in [-0.2, -0.15) is 15.3 Å². The standard InChI is InChI=1S/C19H16N8O/c1-26-12-13(11-22-26)23-19-21-9-6-17(25-19)27-10-7-14-15(3-2-4-16(14)27)24-18(28)5-8-20/h2-4,6-7,9-12H,5H2,1H3,(H,24,28)(H,21,23,25). The fourth-order valence-electron chi connectivity index (χ4n) is 2.90. The summed E-state index contributed by atoms with van der Waals surface area (Å²) < 4.78 is 3.60. The lowest BCUT2D eigenvalue weighted by Crippen LogP contribution is -2.10. The van der Waals surface area contributed by atoms with E-state index >= 15 is 0 Å². The molecule has 4 rings (SSSR count). The minimum atomic E-state index is -0.340. The fourth-order valence-corrected chi connectivity index (χ4v) is 2.90. The fraction of sp³-hybridized carbons (Fsp3) is 0.105. The normalized spacial score (nSPS) is 10.6. The van der Waals surface area contributed by atoms with Gasteiger partial charge in [-0.05, 0) is 24.3 Å². The van der Waals surface area contributed by atoms with Crippen LogP contribution >= 0.6 is 0 Å². The van der Waals surface area contributed by atoms with E-state index in [0.717, 1.165) is 16.6 Å². The first-order valence-electron chi connectivity index (χ1n) is 8.50. The number of nitriles is 1. The van der Waals surface area contributed by atoms with Crippen molar-refractivity contribution < 1.29 is 4.79 Å². The molecule has 0 fully saturated rings. The summed E-state index contributed by atoms with van der Waals surface area (Å²) >= 11 is 0. The zero-order valence-electron chi connectivity index (χ0n) is 15.0. The summed E-state index contributed by atoms with van der Waals surface area (Å²) in [5.41, 5.74) is 2.32. The van der Waals surface area contributed by atoms with E-state index in [1.54, 1.807) is 29.2 Å². The zero-order valence-corrected chi connectivity index (χ0v) is 15.0. The lowest BCUT2D eigenvalue weighted by molar-refractivity contribution is -0.115. The van der Waals surface area contributed by atoms with Crippen molar-refractivity contribution >= 4 is 34.1 Å². The monoisotopic (exact) mass is 372 g/mol. The number of nitrogens with zero attached hydrogens (tertiary/aromatic N) is 6. The Morgan fingerprint density at radius 1 is 1.29 bits per heavy atom. The van der Waals surface area contributed by atoms with Gasteiger partial charge in [0.05, 0.1) is 29.2 Å². The number of fused-ring (bicyclic) bond motifs is 1. The Morgan fingerprint density at radius 2 is 2.18 bits per heavy atom. The van der Waals surface area contributed by atoms with Gasteiger partial charge in [-0.15, -0.1) is 0 Å². The molecule has 0 spiro atoms. The smallest absolute Gasteiger partial charge is 0.238 e. The molecule has 1 amide bonds. The molecule has 138 valence electrons. The second-order valence-corrected chi connectivity index (χ2v) is 6.07. The van der Waals surface area contributed by atoms with Crippen LogP contribution in [-0.4, -0.2) is 30.2 Å². The van der Waals surface area contributed by atoms with E-state index in [-0.39, 0.29) is 12.3 Å². The van der Waals surface area contributed by atoms with Crippen LogP contribution in [0.5, 0.6) is 0 Å². The number of hydrogen-bond acceptors (Lipinski definition) is 6. The van der Waals surface area contributed by atoms with Gasteiger partial charge in [0.2, 0.25) is 11.9 Å². The number of carbonyl (C=O) groups excluding carboxylic acids is 1. The molecule has 3 heterocycles. The molecule has 0 saturated heterocycles. The first kappa shape index (κ1) is 17.2. The van der Waals surface area contributed by atoms with E-state index in [0.29, 0.717) is 17.5 Å². The summed E-state index contributed by atoms with van der Waals surface area (Å²) in [4.78, 5) is 20.6. The molecule has 28 heavy (non-hydrogen) atoms. The highest BCUT2D eigenvalue weighted by atomic mass is 16.1. The first-order valence-corrected chi connectivity index (χ1v) is 8.50. The molecule has 1 aromatic carbocycles. The van der Waals surface area contributed by atoms with Crippen molar-refractivity contribution in [1.29, 1.82) is 5.26 Å². The van der Waals surface area contributed by atoms with Gasteiger partial charge in [0.25, 0.3) is 0 Å². The molecule has 9 nitrogen and oxygen atoms in total. The number of nitrogens with one attached hydrogen (secondary N) is 2. The highest BCUT2D eigenvalue weighted by molar-refractivity contribution is 6.02. The summed E-state index contributed by atoms with van der Waals surface area (Å²) in [7, 11) is 1.83. The number of rotatable bonds is 5.